The number of carboxylic acid groups (broad SMARTS) is 1. The maximum Gasteiger partial charge on any atom is 0.315 e. The molecule has 0 bridgehead atoms. The van der Waals surface area contributed by atoms with Crippen LogP contribution in [0.15, 0.2) is 0 Å². The van der Waals surface area contributed by atoms with E-state index in [1.54, 1.807) is 0 Å². The van der Waals surface area contributed by atoms with Crippen molar-refractivity contribution >= 4 is 5.97 Å². The van der Waals surface area contributed by atoms with E-state index in [4.69, 9.17) is 0 Å². The Hall–Kier alpha value is -0.610. The summed E-state index contributed by atoms with van der Waals surface area (Å²) in [5.41, 5.74) is -1.94. The smallest absolute Gasteiger partial charge is 0.315 e. The Morgan fingerprint density at radius 3 is 2.50 bits per heavy atom. The predicted octanol–water partition coefficient (Wildman–Crippen LogP) is 0.992. The lowest BCUT2D eigenvalue weighted by atomic mass is 9.64. The number of carbonyl (C=O) groups is 1. The quantitative estimate of drug-likeness (QED) is 0.615. The lowest BCUT2D eigenvalue weighted by molar-refractivity contribution is -0.181. The molecule has 4 heteroatoms. The number of hydrogen-bond acceptors (Lipinski definition) is 3. The molecule has 0 radical (unpaired) electrons. The molecule has 4 nitrogen and oxygen atoms in total. The van der Waals surface area contributed by atoms with Crippen LogP contribution in [0.1, 0.15) is 39.0 Å². The number of rotatable bonds is 2. The van der Waals surface area contributed by atoms with Crippen molar-refractivity contribution in [1.29, 1.82) is 0 Å². The van der Waals surface area contributed by atoms with Crippen molar-refractivity contribution in [2.75, 3.05) is 13.1 Å². The molecule has 1 saturated heterocycles. The van der Waals surface area contributed by atoms with Crippen molar-refractivity contribution in [2.45, 2.75) is 44.6 Å². The molecule has 1 saturated carbocycles. The lowest BCUT2D eigenvalue weighted by Gasteiger charge is -2.50. The van der Waals surface area contributed by atoms with E-state index >= 15 is 0 Å². The molecule has 1 heterocycles. The van der Waals surface area contributed by atoms with E-state index in [0.717, 1.165) is 19.3 Å². The Bertz CT molecular complexity index is 288. The van der Waals surface area contributed by atoms with Gasteiger partial charge < -0.3 is 15.5 Å². The second-order valence-corrected chi connectivity index (χ2v) is 5.56. The van der Waals surface area contributed by atoms with Crippen LogP contribution in [0.3, 0.4) is 0 Å². The van der Waals surface area contributed by atoms with Gasteiger partial charge >= 0.3 is 5.97 Å². The average molecular weight is 227 g/mol. The summed E-state index contributed by atoms with van der Waals surface area (Å²) < 4.78 is 0. The normalized spacial score (nSPS) is 38.5. The van der Waals surface area contributed by atoms with Crippen LogP contribution in [0.25, 0.3) is 0 Å². The molecule has 0 aromatic heterocycles. The molecule has 1 aliphatic heterocycles. The number of hydrogen-bond donors (Lipinski definition) is 3. The molecule has 2 rings (SSSR count). The van der Waals surface area contributed by atoms with E-state index in [9.17, 15) is 15.0 Å². The zero-order valence-corrected chi connectivity index (χ0v) is 9.83. The summed E-state index contributed by atoms with van der Waals surface area (Å²) in [7, 11) is 0. The summed E-state index contributed by atoms with van der Waals surface area (Å²) in [4.78, 5) is 11.4. The molecule has 0 spiro atoms. The third-order valence-corrected chi connectivity index (χ3v) is 4.49. The van der Waals surface area contributed by atoms with Crippen LogP contribution in [0.4, 0.5) is 0 Å². The number of nitrogens with one attached hydrogen (secondary N) is 1. The van der Waals surface area contributed by atoms with Crippen molar-refractivity contribution in [1.82, 2.24) is 5.32 Å². The Labute approximate surface area is 96.0 Å². The molecule has 0 aromatic carbocycles. The molecule has 2 unspecified atom stereocenters. The fourth-order valence-corrected chi connectivity index (χ4v) is 3.03. The van der Waals surface area contributed by atoms with E-state index < -0.39 is 17.0 Å². The van der Waals surface area contributed by atoms with E-state index in [1.165, 1.54) is 0 Å². The van der Waals surface area contributed by atoms with Gasteiger partial charge in [0, 0.05) is 13.1 Å². The highest BCUT2D eigenvalue weighted by atomic mass is 16.4. The average Bonchev–Trinajstić information content (AvgIpc) is 2.26. The monoisotopic (exact) mass is 227 g/mol. The standard InChI is InChI=1S/C12H21NO3/c1-9-3-2-5-12(16,6-4-9)11(10(14)15)7-13-8-11/h9,13,16H,2-8H2,1H3,(H,14,15). The topological polar surface area (TPSA) is 69.6 Å². The molecule has 92 valence electrons. The summed E-state index contributed by atoms with van der Waals surface area (Å²) >= 11 is 0. The van der Waals surface area contributed by atoms with Crippen LogP contribution in [0.2, 0.25) is 0 Å². The molecule has 2 atom stereocenters. The van der Waals surface area contributed by atoms with Crippen LogP contribution < -0.4 is 5.32 Å². The maximum atomic E-state index is 11.4. The van der Waals surface area contributed by atoms with Gasteiger partial charge in [-0.1, -0.05) is 19.8 Å². The minimum Gasteiger partial charge on any atom is -0.481 e. The molecule has 3 N–H and O–H groups in total. The van der Waals surface area contributed by atoms with Crippen LogP contribution in [0, 0.1) is 11.3 Å². The second-order valence-electron chi connectivity index (χ2n) is 5.56. The number of carboxylic acids is 1. The van der Waals surface area contributed by atoms with Gasteiger partial charge in [0.1, 0.15) is 5.41 Å². The summed E-state index contributed by atoms with van der Waals surface area (Å²) in [5, 5.41) is 23.0. The van der Waals surface area contributed by atoms with Gasteiger partial charge in [-0.05, 0) is 25.2 Å². The minimum absolute atomic E-state index is 0.410. The van der Waals surface area contributed by atoms with Crippen LogP contribution in [-0.2, 0) is 4.79 Å². The maximum absolute atomic E-state index is 11.4. The molecule has 0 aromatic rings. The SMILES string of the molecule is CC1CCCC(O)(C2(C(=O)O)CNC2)CC1. The van der Waals surface area contributed by atoms with Crippen molar-refractivity contribution in [3.63, 3.8) is 0 Å². The highest BCUT2D eigenvalue weighted by Gasteiger charge is 2.59. The first-order chi connectivity index (χ1) is 7.50. The Morgan fingerprint density at radius 2 is 2.00 bits per heavy atom. The summed E-state index contributed by atoms with van der Waals surface area (Å²) in [6, 6.07) is 0. The van der Waals surface area contributed by atoms with Gasteiger partial charge in [-0.15, -0.1) is 0 Å². The second kappa shape index (κ2) is 4.00. The first-order valence-electron chi connectivity index (χ1n) is 6.17. The fourth-order valence-electron chi connectivity index (χ4n) is 3.03. The third-order valence-electron chi connectivity index (χ3n) is 4.49. The van der Waals surface area contributed by atoms with Gasteiger partial charge in [-0.25, -0.2) is 0 Å². The lowest BCUT2D eigenvalue weighted by Crippen LogP contribution is -2.69. The van der Waals surface area contributed by atoms with Gasteiger partial charge in [0.05, 0.1) is 5.60 Å². The van der Waals surface area contributed by atoms with Crippen molar-refractivity contribution in [2.24, 2.45) is 11.3 Å². The molecular weight excluding hydrogens is 206 g/mol. The van der Waals surface area contributed by atoms with E-state index in [1.807, 2.05) is 0 Å². The molecule has 2 aliphatic rings. The van der Waals surface area contributed by atoms with Crippen molar-refractivity contribution in [3.8, 4) is 0 Å². The Balaban J connectivity index is 2.19. The molecule has 1 aliphatic carbocycles. The highest BCUT2D eigenvalue weighted by Crippen LogP contribution is 2.45. The van der Waals surface area contributed by atoms with Gasteiger partial charge in [-0.2, -0.15) is 0 Å². The van der Waals surface area contributed by atoms with Gasteiger partial charge in [0.2, 0.25) is 0 Å². The highest BCUT2D eigenvalue weighted by molar-refractivity contribution is 5.78. The van der Waals surface area contributed by atoms with Crippen LogP contribution >= 0.6 is 0 Å². The van der Waals surface area contributed by atoms with E-state index in [0.29, 0.717) is 31.8 Å². The van der Waals surface area contributed by atoms with E-state index in [2.05, 4.69) is 12.2 Å². The largest absolute Gasteiger partial charge is 0.481 e. The van der Waals surface area contributed by atoms with Crippen LogP contribution in [0.5, 0.6) is 0 Å². The zero-order valence-electron chi connectivity index (χ0n) is 9.83. The molecule has 16 heavy (non-hydrogen) atoms. The van der Waals surface area contributed by atoms with Gasteiger partial charge in [0.15, 0.2) is 0 Å². The first kappa shape index (κ1) is 11.9. The summed E-state index contributed by atoms with van der Waals surface area (Å²) in [6.07, 6.45) is 4.23. The van der Waals surface area contributed by atoms with Crippen molar-refractivity contribution in [3.05, 3.63) is 0 Å². The first-order valence-corrected chi connectivity index (χ1v) is 6.17. The Morgan fingerprint density at radius 1 is 1.31 bits per heavy atom. The molecule has 0 amide bonds. The van der Waals surface area contributed by atoms with Gasteiger partial charge in [0.25, 0.3) is 0 Å². The zero-order chi connectivity index (χ0) is 11.8. The van der Waals surface area contributed by atoms with Crippen molar-refractivity contribution < 1.29 is 15.0 Å². The minimum atomic E-state index is -1.01. The summed E-state index contributed by atoms with van der Waals surface area (Å²) in [5.74, 6) is -0.240. The molecule has 2 fully saturated rings. The van der Waals surface area contributed by atoms with Gasteiger partial charge in [-0.3, -0.25) is 4.79 Å². The summed E-state index contributed by atoms with van der Waals surface area (Å²) in [6.45, 7) is 3.00. The third kappa shape index (κ3) is 1.64. The number of aliphatic carboxylic acids is 1. The predicted molar refractivity (Wildman–Crippen MR) is 60.1 cm³/mol. The molecular formula is C12H21NO3. The Kier molecular flexibility index (Phi) is 2.97. The number of aliphatic hydroxyl groups is 1. The van der Waals surface area contributed by atoms with Crippen LogP contribution in [-0.4, -0.2) is 34.9 Å². The fraction of sp³-hybridized carbons (Fsp3) is 0.917. The van der Waals surface area contributed by atoms with E-state index in [-0.39, 0.29) is 0 Å².